The molecule has 0 saturated carbocycles. The van der Waals surface area contributed by atoms with Gasteiger partial charge in [0.2, 0.25) is 5.91 Å². The molecule has 2 amide bonds. The smallest absolute Gasteiger partial charge is 0.273 e. The first kappa shape index (κ1) is 15.6. The van der Waals surface area contributed by atoms with Crippen LogP contribution in [0.1, 0.15) is 29.1 Å². The summed E-state index contributed by atoms with van der Waals surface area (Å²) in [6.07, 6.45) is -0.123. The third-order valence-electron chi connectivity index (χ3n) is 3.53. The molecule has 3 rings (SSSR count). The lowest BCUT2D eigenvalue weighted by Crippen LogP contribution is -2.42. The highest BCUT2D eigenvalue weighted by molar-refractivity contribution is 7.14. The number of nitrogens with one attached hydrogen (secondary N) is 1. The van der Waals surface area contributed by atoms with Crippen LogP contribution in [0.5, 0.6) is 0 Å². The number of hydrogen-bond acceptors (Lipinski definition) is 5. The van der Waals surface area contributed by atoms with E-state index in [2.05, 4.69) is 10.3 Å². The molecule has 1 atom stereocenters. The van der Waals surface area contributed by atoms with E-state index in [-0.39, 0.29) is 17.9 Å². The molecule has 1 saturated heterocycles. The number of rotatable bonds is 3. The van der Waals surface area contributed by atoms with Crippen molar-refractivity contribution in [2.75, 3.05) is 25.0 Å². The molecule has 1 aliphatic rings. The highest BCUT2D eigenvalue weighted by Gasteiger charge is 2.27. The van der Waals surface area contributed by atoms with E-state index in [1.807, 2.05) is 30.3 Å². The lowest BCUT2D eigenvalue weighted by atomic mass is 10.1. The fourth-order valence-electron chi connectivity index (χ4n) is 2.45. The maximum Gasteiger partial charge on any atom is 0.273 e. The maximum atomic E-state index is 12.6. The summed E-state index contributed by atoms with van der Waals surface area (Å²) in [6, 6.07) is 9.86. The summed E-state index contributed by atoms with van der Waals surface area (Å²) in [7, 11) is 0. The number of anilines is 1. The van der Waals surface area contributed by atoms with Crippen LogP contribution in [0.15, 0.2) is 35.7 Å². The molecular weight excluding hydrogens is 314 g/mol. The van der Waals surface area contributed by atoms with Crippen LogP contribution in [-0.2, 0) is 9.53 Å². The molecule has 1 fully saturated rings. The predicted octanol–water partition coefficient (Wildman–Crippen LogP) is 2.32. The molecule has 7 heteroatoms. The second-order valence-electron chi connectivity index (χ2n) is 5.24. The van der Waals surface area contributed by atoms with E-state index in [9.17, 15) is 9.59 Å². The minimum atomic E-state index is -0.200. The second kappa shape index (κ2) is 6.89. The number of ether oxygens (including phenoxy) is 1. The molecule has 0 bridgehead atoms. The fourth-order valence-corrected chi connectivity index (χ4v) is 3.18. The Balaban J connectivity index is 1.69. The SMILES string of the molecule is CC(=O)Nc1nc(C(=O)N2CCO[C@@H](c3ccccc3)C2)cs1. The normalized spacial score (nSPS) is 17.8. The Hall–Kier alpha value is -2.25. The fraction of sp³-hybridized carbons (Fsp3) is 0.312. The van der Waals surface area contributed by atoms with Crippen molar-refractivity contribution in [3.63, 3.8) is 0 Å². The third kappa shape index (κ3) is 3.75. The van der Waals surface area contributed by atoms with Gasteiger partial charge in [-0.25, -0.2) is 4.98 Å². The van der Waals surface area contributed by atoms with Crippen molar-refractivity contribution in [2.24, 2.45) is 0 Å². The lowest BCUT2D eigenvalue weighted by molar-refractivity contribution is -0.114. The monoisotopic (exact) mass is 331 g/mol. The predicted molar refractivity (Wildman–Crippen MR) is 87.5 cm³/mol. The van der Waals surface area contributed by atoms with Crippen molar-refractivity contribution in [3.05, 3.63) is 47.0 Å². The molecule has 2 heterocycles. The van der Waals surface area contributed by atoms with E-state index in [1.165, 1.54) is 18.3 Å². The van der Waals surface area contributed by atoms with Gasteiger partial charge in [0.25, 0.3) is 5.91 Å². The topological polar surface area (TPSA) is 71.5 Å². The van der Waals surface area contributed by atoms with Gasteiger partial charge < -0.3 is 15.0 Å². The number of carbonyl (C=O) groups is 2. The van der Waals surface area contributed by atoms with Crippen LogP contribution in [0.2, 0.25) is 0 Å². The van der Waals surface area contributed by atoms with E-state index >= 15 is 0 Å². The van der Waals surface area contributed by atoms with Gasteiger partial charge in [0.1, 0.15) is 11.8 Å². The van der Waals surface area contributed by atoms with Crippen LogP contribution in [0.4, 0.5) is 5.13 Å². The van der Waals surface area contributed by atoms with Crippen LogP contribution in [-0.4, -0.2) is 41.4 Å². The molecule has 1 N–H and O–H groups in total. The number of carbonyl (C=O) groups excluding carboxylic acids is 2. The van der Waals surface area contributed by atoms with E-state index in [0.717, 1.165) is 5.56 Å². The molecule has 120 valence electrons. The molecule has 0 spiro atoms. The van der Waals surface area contributed by atoms with E-state index in [0.29, 0.717) is 30.5 Å². The Kier molecular flexibility index (Phi) is 4.68. The van der Waals surface area contributed by atoms with E-state index in [4.69, 9.17) is 4.74 Å². The number of hydrogen-bond donors (Lipinski definition) is 1. The molecular formula is C16H17N3O3S. The zero-order valence-electron chi connectivity index (χ0n) is 12.7. The van der Waals surface area contributed by atoms with Gasteiger partial charge in [0.15, 0.2) is 5.13 Å². The first-order valence-corrected chi connectivity index (χ1v) is 8.20. The summed E-state index contributed by atoms with van der Waals surface area (Å²) in [4.78, 5) is 29.5. The van der Waals surface area contributed by atoms with Gasteiger partial charge in [0.05, 0.1) is 13.2 Å². The Morgan fingerprint density at radius 1 is 1.35 bits per heavy atom. The van der Waals surface area contributed by atoms with Crippen molar-refractivity contribution in [3.8, 4) is 0 Å². The summed E-state index contributed by atoms with van der Waals surface area (Å²) in [5.41, 5.74) is 1.41. The number of morpholine rings is 1. The minimum absolute atomic E-state index is 0.123. The number of benzene rings is 1. The first-order valence-electron chi connectivity index (χ1n) is 7.32. The minimum Gasteiger partial charge on any atom is -0.370 e. The van der Waals surface area contributed by atoms with Crippen molar-refractivity contribution in [1.29, 1.82) is 0 Å². The van der Waals surface area contributed by atoms with Gasteiger partial charge in [-0.05, 0) is 5.56 Å². The zero-order chi connectivity index (χ0) is 16.2. The van der Waals surface area contributed by atoms with Gasteiger partial charge in [-0.2, -0.15) is 0 Å². The molecule has 1 aromatic heterocycles. The second-order valence-corrected chi connectivity index (χ2v) is 6.10. The number of thiazole rings is 1. The molecule has 1 aromatic carbocycles. The van der Waals surface area contributed by atoms with Crippen LogP contribution in [0, 0.1) is 0 Å². The van der Waals surface area contributed by atoms with Crippen molar-refractivity contribution >= 4 is 28.3 Å². The van der Waals surface area contributed by atoms with Crippen molar-refractivity contribution < 1.29 is 14.3 Å². The Labute approximate surface area is 138 Å². The summed E-state index contributed by atoms with van der Waals surface area (Å²) < 4.78 is 5.77. The van der Waals surface area contributed by atoms with Crippen LogP contribution in [0.25, 0.3) is 0 Å². The average Bonchev–Trinajstić information content (AvgIpc) is 3.03. The Bertz CT molecular complexity index is 702. The van der Waals surface area contributed by atoms with E-state index in [1.54, 1.807) is 10.3 Å². The summed E-state index contributed by atoms with van der Waals surface area (Å²) in [6.45, 7) is 2.94. The zero-order valence-corrected chi connectivity index (χ0v) is 13.5. The number of nitrogens with zero attached hydrogens (tertiary/aromatic N) is 2. The molecule has 0 aliphatic carbocycles. The highest BCUT2D eigenvalue weighted by Crippen LogP contribution is 2.24. The number of aromatic nitrogens is 1. The van der Waals surface area contributed by atoms with Crippen LogP contribution in [0.3, 0.4) is 0 Å². The average molecular weight is 331 g/mol. The standard InChI is InChI=1S/C16H17N3O3S/c1-11(20)17-16-18-13(10-23-16)15(21)19-7-8-22-14(9-19)12-5-3-2-4-6-12/h2-6,10,14H,7-9H2,1H3,(H,17,18,20)/t14-/m1/s1. The van der Waals surface area contributed by atoms with Crippen LogP contribution >= 0.6 is 11.3 Å². The lowest BCUT2D eigenvalue weighted by Gasteiger charge is -2.32. The van der Waals surface area contributed by atoms with Gasteiger partial charge in [-0.15, -0.1) is 11.3 Å². The Morgan fingerprint density at radius 2 is 2.13 bits per heavy atom. The number of amides is 2. The van der Waals surface area contributed by atoms with Gasteiger partial charge in [0, 0.05) is 18.8 Å². The summed E-state index contributed by atoms with van der Waals surface area (Å²) >= 11 is 1.25. The van der Waals surface area contributed by atoms with Gasteiger partial charge in [-0.1, -0.05) is 30.3 Å². The van der Waals surface area contributed by atoms with E-state index < -0.39 is 0 Å². The molecule has 0 unspecified atom stereocenters. The maximum absolute atomic E-state index is 12.6. The quantitative estimate of drug-likeness (QED) is 0.937. The van der Waals surface area contributed by atoms with Gasteiger partial charge >= 0.3 is 0 Å². The summed E-state index contributed by atoms with van der Waals surface area (Å²) in [5, 5.41) is 4.70. The largest absolute Gasteiger partial charge is 0.370 e. The highest BCUT2D eigenvalue weighted by atomic mass is 32.1. The molecule has 0 radical (unpaired) electrons. The molecule has 1 aliphatic heterocycles. The molecule has 2 aromatic rings. The van der Waals surface area contributed by atoms with Crippen LogP contribution < -0.4 is 5.32 Å². The molecule has 23 heavy (non-hydrogen) atoms. The van der Waals surface area contributed by atoms with Crippen molar-refractivity contribution in [1.82, 2.24) is 9.88 Å². The third-order valence-corrected chi connectivity index (χ3v) is 4.29. The summed E-state index contributed by atoms with van der Waals surface area (Å²) in [5.74, 6) is -0.337. The Morgan fingerprint density at radius 3 is 2.87 bits per heavy atom. The van der Waals surface area contributed by atoms with Crippen molar-refractivity contribution in [2.45, 2.75) is 13.0 Å². The molecule has 6 nitrogen and oxygen atoms in total. The first-order chi connectivity index (χ1) is 11.1. The van der Waals surface area contributed by atoms with Gasteiger partial charge in [-0.3, -0.25) is 9.59 Å².